The van der Waals surface area contributed by atoms with Crippen LogP contribution in [0.25, 0.3) is 0 Å². The summed E-state index contributed by atoms with van der Waals surface area (Å²) in [5.74, 6) is -3.87. The highest BCUT2D eigenvalue weighted by Gasteiger charge is 2.48. The molecule has 0 saturated carbocycles. The summed E-state index contributed by atoms with van der Waals surface area (Å²) in [6.45, 7) is 12.0. The number of carbonyl (C=O) groups excluding carboxylic acids is 4. The molecular formula is C34H52N2O8. The van der Waals surface area contributed by atoms with E-state index in [0.717, 1.165) is 38.5 Å². The molecule has 0 aromatic carbocycles. The molecule has 2 N–H and O–H groups in total. The molecule has 10 nitrogen and oxygen atoms in total. The zero-order chi connectivity index (χ0) is 33.2. The van der Waals surface area contributed by atoms with E-state index in [9.17, 15) is 29.4 Å². The van der Waals surface area contributed by atoms with Crippen molar-refractivity contribution in [2.75, 3.05) is 27.3 Å². The summed E-state index contributed by atoms with van der Waals surface area (Å²) < 4.78 is 9.84. The summed E-state index contributed by atoms with van der Waals surface area (Å²) in [6.07, 6.45) is 6.02. The smallest absolute Gasteiger partial charge is 0.316 e. The molecule has 0 aromatic rings. The first-order valence-electron chi connectivity index (χ1n) is 15.8. The van der Waals surface area contributed by atoms with Gasteiger partial charge >= 0.3 is 11.9 Å². The summed E-state index contributed by atoms with van der Waals surface area (Å²) in [5, 5.41) is 22.0. The quantitative estimate of drug-likeness (QED) is 0.125. The van der Waals surface area contributed by atoms with E-state index in [2.05, 4.69) is 9.98 Å². The number of ketones is 2. The average molecular weight is 617 g/mol. The summed E-state index contributed by atoms with van der Waals surface area (Å²) >= 11 is 0. The molecule has 0 spiro atoms. The van der Waals surface area contributed by atoms with E-state index < -0.39 is 34.6 Å². The number of Topliss-reactive ketones (excluding diaryl/α,β-unsaturated/α-hetero) is 2. The first-order valence-corrected chi connectivity index (χ1v) is 15.8. The number of rotatable bonds is 15. The lowest BCUT2D eigenvalue weighted by Crippen LogP contribution is -2.41. The van der Waals surface area contributed by atoms with Crippen molar-refractivity contribution in [2.24, 2.45) is 32.7 Å². The van der Waals surface area contributed by atoms with E-state index >= 15 is 0 Å². The Bertz CT molecular complexity index is 1130. The van der Waals surface area contributed by atoms with Gasteiger partial charge in [0.25, 0.3) is 0 Å². The van der Waals surface area contributed by atoms with Gasteiger partial charge in [0, 0.05) is 37.4 Å². The van der Waals surface area contributed by atoms with Crippen molar-refractivity contribution >= 4 is 34.9 Å². The van der Waals surface area contributed by atoms with Crippen molar-refractivity contribution in [3.63, 3.8) is 0 Å². The second kappa shape index (κ2) is 16.1. The number of carbonyl (C=O) groups is 4. The maximum atomic E-state index is 13.0. The molecule has 0 bridgehead atoms. The zero-order valence-corrected chi connectivity index (χ0v) is 27.9. The molecule has 2 rings (SSSR count). The topological polar surface area (TPSA) is 152 Å². The van der Waals surface area contributed by atoms with Gasteiger partial charge in [-0.1, -0.05) is 67.2 Å². The minimum Gasteiger partial charge on any atom is -0.511 e. The number of hydrogen-bond donors (Lipinski definition) is 2. The van der Waals surface area contributed by atoms with Gasteiger partial charge in [-0.3, -0.25) is 29.2 Å². The fourth-order valence-corrected chi connectivity index (χ4v) is 6.28. The van der Waals surface area contributed by atoms with Crippen molar-refractivity contribution in [1.29, 1.82) is 0 Å². The number of hydrogen-bond acceptors (Lipinski definition) is 10. The van der Waals surface area contributed by atoms with E-state index in [1.54, 1.807) is 27.7 Å². The fourth-order valence-electron chi connectivity index (χ4n) is 6.28. The Balaban J connectivity index is 2.07. The van der Waals surface area contributed by atoms with Crippen LogP contribution >= 0.6 is 0 Å². The molecule has 2 aliphatic rings. The number of ether oxygens (including phenoxy) is 2. The molecule has 2 aliphatic carbocycles. The van der Waals surface area contributed by atoms with E-state index in [4.69, 9.17) is 9.47 Å². The number of aliphatic hydroxyl groups excluding tert-OH is 2. The average Bonchev–Trinajstić information content (AvgIpc) is 2.92. The number of aliphatic imine (C=N–C) groups is 2. The van der Waals surface area contributed by atoms with E-state index in [0.29, 0.717) is 37.4 Å². The number of nitrogens with zero attached hydrogens (tertiary/aromatic N) is 2. The van der Waals surface area contributed by atoms with Gasteiger partial charge in [-0.2, -0.15) is 0 Å². The molecule has 0 amide bonds. The summed E-state index contributed by atoms with van der Waals surface area (Å²) in [6, 6.07) is 0. The highest BCUT2D eigenvalue weighted by molar-refractivity contribution is 6.24. The Labute approximate surface area is 262 Å². The van der Waals surface area contributed by atoms with Crippen LogP contribution in [0.15, 0.2) is 32.6 Å². The number of methoxy groups -OCH3 is 2. The highest BCUT2D eigenvalue weighted by Crippen LogP contribution is 2.44. The minimum absolute atomic E-state index is 0.122. The first kappa shape index (κ1) is 36.9. The molecule has 0 unspecified atom stereocenters. The Kier molecular flexibility index (Phi) is 13.5. The summed E-state index contributed by atoms with van der Waals surface area (Å²) in [4.78, 5) is 60.4. The van der Waals surface area contributed by atoms with Crippen molar-refractivity contribution in [3.8, 4) is 0 Å². The van der Waals surface area contributed by atoms with Crippen LogP contribution in [-0.2, 0) is 28.7 Å². The molecule has 10 heteroatoms. The highest BCUT2D eigenvalue weighted by atomic mass is 16.5. The standard InChI is InChI=1S/C34H52N2O8/c1-9-15-21(25-23(37)19-33(3,4)27(29(25)39)31(41)43-7)35-17-13-11-12-14-18-36-22(16-10-2)26-24(38)20-34(5,6)28(30(26)40)32(42)44-8/h27-28,39-40H,9-20H2,1-8H3/t27-,28-/m0/s1. The Morgan fingerprint density at radius 3 is 1.34 bits per heavy atom. The molecule has 2 atom stereocenters. The van der Waals surface area contributed by atoms with E-state index in [-0.39, 0.29) is 47.1 Å². The van der Waals surface area contributed by atoms with E-state index in [1.165, 1.54) is 14.2 Å². The first-order chi connectivity index (χ1) is 20.7. The Morgan fingerprint density at radius 2 is 1.05 bits per heavy atom. The van der Waals surface area contributed by atoms with Gasteiger partial charge in [-0.05, 0) is 36.5 Å². The van der Waals surface area contributed by atoms with Crippen LogP contribution in [0.1, 0.15) is 106 Å². The molecule has 0 aromatic heterocycles. The molecule has 246 valence electrons. The number of aliphatic hydroxyl groups is 2. The Morgan fingerprint density at radius 1 is 0.705 bits per heavy atom. The van der Waals surface area contributed by atoms with Gasteiger partial charge in [-0.25, -0.2) is 0 Å². The van der Waals surface area contributed by atoms with Crippen LogP contribution in [0.5, 0.6) is 0 Å². The Hall–Kier alpha value is -3.30. The fraction of sp³-hybridized carbons (Fsp3) is 0.706. The molecular weight excluding hydrogens is 564 g/mol. The lowest BCUT2D eigenvalue weighted by Gasteiger charge is -2.36. The molecule has 0 heterocycles. The van der Waals surface area contributed by atoms with Crippen LogP contribution in [-0.4, -0.2) is 72.5 Å². The molecule has 0 radical (unpaired) electrons. The monoisotopic (exact) mass is 616 g/mol. The normalized spacial score (nSPS) is 22.4. The van der Waals surface area contributed by atoms with Crippen LogP contribution < -0.4 is 0 Å². The number of esters is 2. The van der Waals surface area contributed by atoms with Crippen LogP contribution in [0.3, 0.4) is 0 Å². The van der Waals surface area contributed by atoms with Crippen molar-refractivity contribution in [1.82, 2.24) is 0 Å². The molecule has 44 heavy (non-hydrogen) atoms. The van der Waals surface area contributed by atoms with Crippen molar-refractivity contribution in [2.45, 2.75) is 106 Å². The SMILES string of the molecule is CCCC(=NCCCCCCN=C(CCC)C1=C(O)[C@@H](C(=O)OC)C(C)(C)CC1=O)C1=C(O)[C@@H](C(=O)OC)C(C)(C)CC1=O. The van der Waals surface area contributed by atoms with Crippen LogP contribution in [0.2, 0.25) is 0 Å². The maximum absolute atomic E-state index is 13.0. The second-order valence-electron chi connectivity index (χ2n) is 13.2. The van der Waals surface area contributed by atoms with Crippen LogP contribution in [0.4, 0.5) is 0 Å². The predicted molar refractivity (Wildman–Crippen MR) is 170 cm³/mol. The summed E-state index contributed by atoms with van der Waals surface area (Å²) in [5.41, 5.74) is -0.126. The van der Waals surface area contributed by atoms with Crippen molar-refractivity contribution in [3.05, 3.63) is 22.7 Å². The lowest BCUT2D eigenvalue weighted by atomic mass is 9.67. The lowest BCUT2D eigenvalue weighted by molar-refractivity contribution is -0.151. The van der Waals surface area contributed by atoms with Gasteiger partial charge < -0.3 is 19.7 Å². The predicted octanol–water partition coefficient (Wildman–Crippen LogP) is 6.23. The third kappa shape index (κ3) is 8.66. The third-order valence-electron chi connectivity index (χ3n) is 8.51. The van der Waals surface area contributed by atoms with Gasteiger partial charge in [0.1, 0.15) is 23.4 Å². The van der Waals surface area contributed by atoms with Gasteiger partial charge in [0.2, 0.25) is 0 Å². The summed E-state index contributed by atoms with van der Waals surface area (Å²) in [7, 11) is 2.55. The third-order valence-corrected chi connectivity index (χ3v) is 8.51. The van der Waals surface area contributed by atoms with Gasteiger partial charge in [0.05, 0.1) is 25.4 Å². The zero-order valence-electron chi connectivity index (χ0n) is 27.9. The van der Waals surface area contributed by atoms with E-state index in [1.807, 2.05) is 13.8 Å². The minimum atomic E-state index is -0.917. The second-order valence-corrected chi connectivity index (χ2v) is 13.2. The maximum Gasteiger partial charge on any atom is 0.316 e. The largest absolute Gasteiger partial charge is 0.511 e. The molecule has 0 fully saturated rings. The van der Waals surface area contributed by atoms with Crippen molar-refractivity contribution < 1.29 is 38.9 Å². The molecule has 0 aliphatic heterocycles. The van der Waals surface area contributed by atoms with Crippen LogP contribution in [0, 0.1) is 22.7 Å². The van der Waals surface area contributed by atoms with Gasteiger partial charge in [0.15, 0.2) is 11.6 Å². The number of unbranched alkanes of at least 4 members (excludes halogenated alkanes) is 3. The number of allylic oxidation sites excluding steroid dienone is 2. The van der Waals surface area contributed by atoms with Gasteiger partial charge in [-0.15, -0.1) is 0 Å². The molecule has 0 saturated heterocycles.